The molecule has 0 aromatic heterocycles. The molecule has 2 rings (SSSR count). The summed E-state index contributed by atoms with van der Waals surface area (Å²) >= 11 is 0. The maximum atomic E-state index is 11.2. The van der Waals surface area contributed by atoms with Crippen LogP contribution in [0.2, 0.25) is 0 Å². The molecule has 0 saturated carbocycles. The van der Waals surface area contributed by atoms with Gasteiger partial charge in [0, 0.05) is 6.61 Å². The largest absolute Gasteiger partial charge is 0.489 e. The summed E-state index contributed by atoms with van der Waals surface area (Å²) in [5.41, 5.74) is 2.32. The van der Waals surface area contributed by atoms with Crippen molar-refractivity contribution in [2.45, 2.75) is 32.7 Å². The van der Waals surface area contributed by atoms with Gasteiger partial charge in [-0.2, -0.15) is 0 Å². The number of hydrogen-bond acceptors (Lipinski definition) is 4. The predicted octanol–water partition coefficient (Wildman–Crippen LogP) is 3.10. The first-order valence-electron chi connectivity index (χ1n) is 7.82. The van der Waals surface area contributed by atoms with Crippen LogP contribution >= 0.6 is 0 Å². The highest BCUT2D eigenvalue weighted by Crippen LogP contribution is 2.26. The SMILES string of the molecule is CCO[C@H](C(=O)O)[C@H](O)c1ccc(OCc2ccccc2)cc1C. The van der Waals surface area contributed by atoms with E-state index >= 15 is 0 Å². The van der Waals surface area contributed by atoms with Gasteiger partial charge in [-0.1, -0.05) is 36.4 Å². The number of aliphatic hydroxyl groups excluding tert-OH is 1. The Kier molecular flexibility index (Phi) is 6.35. The summed E-state index contributed by atoms with van der Waals surface area (Å²) in [6.45, 7) is 4.15. The molecular weight excluding hydrogens is 308 g/mol. The minimum absolute atomic E-state index is 0.214. The minimum atomic E-state index is -1.29. The van der Waals surface area contributed by atoms with Gasteiger partial charge in [-0.05, 0) is 42.7 Å². The first kappa shape index (κ1) is 18.0. The summed E-state index contributed by atoms with van der Waals surface area (Å²) in [7, 11) is 0. The monoisotopic (exact) mass is 330 g/mol. The lowest BCUT2D eigenvalue weighted by Crippen LogP contribution is -2.31. The van der Waals surface area contributed by atoms with Crippen molar-refractivity contribution >= 4 is 5.97 Å². The zero-order chi connectivity index (χ0) is 17.5. The number of ether oxygens (including phenoxy) is 2. The van der Waals surface area contributed by atoms with Crippen molar-refractivity contribution in [2.75, 3.05) is 6.61 Å². The van der Waals surface area contributed by atoms with Gasteiger partial charge >= 0.3 is 5.97 Å². The van der Waals surface area contributed by atoms with Crippen LogP contribution in [0.15, 0.2) is 48.5 Å². The van der Waals surface area contributed by atoms with Gasteiger partial charge in [0.2, 0.25) is 0 Å². The number of carboxylic acids is 1. The molecule has 0 amide bonds. The molecule has 0 saturated heterocycles. The van der Waals surface area contributed by atoms with Crippen molar-refractivity contribution in [2.24, 2.45) is 0 Å². The van der Waals surface area contributed by atoms with E-state index in [-0.39, 0.29) is 6.61 Å². The standard InChI is InChI=1S/C19H22O5/c1-3-23-18(19(21)22)17(20)16-10-9-15(11-13(16)2)24-12-14-7-5-4-6-8-14/h4-11,17-18,20H,3,12H2,1-2H3,(H,21,22)/t17-,18+/m1/s1. The van der Waals surface area contributed by atoms with E-state index in [4.69, 9.17) is 9.47 Å². The van der Waals surface area contributed by atoms with E-state index in [9.17, 15) is 15.0 Å². The van der Waals surface area contributed by atoms with E-state index in [0.29, 0.717) is 17.9 Å². The Hall–Kier alpha value is -2.37. The number of aryl methyl sites for hydroxylation is 1. The molecule has 0 radical (unpaired) electrons. The zero-order valence-electron chi connectivity index (χ0n) is 13.8. The van der Waals surface area contributed by atoms with Crippen molar-refractivity contribution < 1.29 is 24.5 Å². The maximum Gasteiger partial charge on any atom is 0.335 e. The van der Waals surface area contributed by atoms with E-state index in [1.807, 2.05) is 30.3 Å². The molecule has 5 nitrogen and oxygen atoms in total. The van der Waals surface area contributed by atoms with E-state index in [1.165, 1.54) is 0 Å². The molecule has 5 heteroatoms. The molecule has 0 aliphatic heterocycles. The molecule has 0 aliphatic carbocycles. The first-order valence-corrected chi connectivity index (χ1v) is 7.82. The lowest BCUT2D eigenvalue weighted by atomic mass is 9.99. The highest BCUT2D eigenvalue weighted by Gasteiger charge is 2.29. The molecular formula is C19H22O5. The molecule has 0 bridgehead atoms. The summed E-state index contributed by atoms with van der Waals surface area (Å²) in [6, 6.07) is 15.0. The van der Waals surface area contributed by atoms with Gasteiger partial charge in [-0.3, -0.25) is 0 Å². The van der Waals surface area contributed by atoms with E-state index in [0.717, 1.165) is 11.1 Å². The number of carbonyl (C=O) groups is 1. The molecule has 0 spiro atoms. The minimum Gasteiger partial charge on any atom is -0.489 e. The third-order valence-corrected chi connectivity index (χ3v) is 3.68. The molecule has 24 heavy (non-hydrogen) atoms. The van der Waals surface area contributed by atoms with Crippen molar-refractivity contribution in [3.05, 3.63) is 65.2 Å². The van der Waals surface area contributed by atoms with Gasteiger partial charge in [0.25, 0.3) is 0 Å². The summed E-state index contributed by atoms with van der Waals surface area (Å²) < 4.78 is 10.9. The fourth-order valence-corrected chi connectivity index (χ4v) is 2.45. The molecule has 0 aliphatic rings. The summed E-state index contributed by atoms with van der Waals surface area (Å²) in [5, 5.41) is 19.5. The van der Waals surface area contributed by atoms with Crippen LogP contribution in [0.3, 0.4) is 0 Å². The fraction of sp³-hybridized carbons (Fsp3) is 0.316. The van der Waals surface area contributed by atoms with Crippen LogP contribution in [0.4, 0.5) is 0 Å². The third kappa shape index (κ3) is 4.57. The number of carboxylic acid groups (broad SMARTS) is 1. The highest BCUT2D eigenvalue weighted by molar-refractivity contribution is 5.73. The summed E-state index contributed by atoms with van der Waals surface area (Å²) in [4.78, 5) is 11.2. The molecule has 2 aromatic rings. The van der Waals surface area contributed by atoms with Crippen LogP contribution in [-0.4, -0.2) is 28.9 Å². The van der Waals surface area contributed by atoms with Gasteiger partial charge in [0.15, 0.2) is 6.10 Å². The Balaban J connectivity index is 2.09. The second-order valence-electron chi connectivity index (χ2n) is 5.45. The molecule has 0 heterocycles. The van der Waals surface area contributed by atoms with E-state index < -0.39 is 18.2 Å². The normalized spacial score (nSPS) is 13.3. The molecule has 2 atom stereocenters. The van der Waals surface area contributed by atoms with Crippen molar-refractivity contribution in [3.63, 3.8) is 0 Å². The van der Waals surface area contributed by atoms with Crippen molar-refractivity contribution in [1.29, 1.82) is 0 Å². The smallest absolute Gasteiger partial charge is 0.335 e. The lowest BCUT2D eigenvalue weighted by Gasteiger charge is -2.21. The fourth-order valence-electron chi connectivity index (χ4n) is 2.45. The van der Waals surface area contributed by atoms with Crippen LogP contribution in [0.25, 0.3) is 0 Å². The summed E-state index contributed by atoms with van der Waals surface area (Å²) in [6.07, 6.45) is -2.52. The molecule has 2 aromatic carbocycles. The van der Waals surface area contributed by atoms with Gasteiger partial charge in [0.1, 0.15) is 18.5 Å². The van der Waals surface area contributed by atoms with Gasteiger partial charge < -0.3 is 19.7 Å². The molecule has 0 fully saturated rings. The number of aliphatic hydroxyl groups is 1. The Labute approximate surface area is 141 Å². The predicted molar refractivity (Wildman–Crippen MR) is 90.0 cm³/mol. The zero-order valence-corrected chi connectivity index (χ0v) is 13.8. The average molecular weight is 330 g/mol. The topological polar surface area (TPSA) is 76.0 Å². The Morgan fingerprint density at radius 1 is 1.17 bits per heavy atom. The quantitative estimate of drug-likeness (QED) is 0.778. The van der Waals surface area contributed by atoms with Gasteiger partial charge in [-0.15, -0.1) is 0 Å². The average Bonchev–Trinajstić information content (AvgIpc) is 2.58. The summed E-state index contributed by atoms with van der Waals surface area (Å²) in [5.74, 6) is -0.524. The highest BCUT2D eigenvalue weighted by atomic mass is 16.5. The molecule has 0 unspecified atom stereocenters. The van der Waals surface area contributed by atoms with Crippen LogP contribution in [-0.2, 0) is 16.1 Å². The maximum absolute atomic E-state index is 11.2. The van der Waals surface area contributed by atoms with E-state index in [2.05, 4.69) is 0 Å². The van der Waals surface area contributed by atoms with Crippen LogP contribution in [0, 0.1) is 6.92 Å². The van der Waals surface area contributed by atoms with Crippen LogP contribution in [0.1, 0.15) is 29.7 Å². The Bertz CT molecular complexity index is 669. The van der Waals surface area contributed by atoms with Crippen molar-refractivity contribution in [1.82, 2.24) is 0 Å². The second kappa shape index (κ2) is 8.47. The number of benzene rings is 2. The van der Waals surface area contributed by atoms with E-state index in [1.54, 1.807) is 32.0 Å². The number of hydrogen-bond donors (Lipinski definition) is 2. The Morgan fingerprint density at radius 2 is 1.88 bits per heavy atom. The van der Waals surface area contributed by atoms with Gasteiger partial charge in [0.05, 0.1) is 0 Å². The lowest BCUT2D eigenvalue weighted by molar-refractivity contribution is -0.158. The number of rotatable bonds is 8. The number of aliphatic carboxylic acids is 1. The Morgan fingerprint density at radius 3 is 2.46 bits per heavy atom. The molecule has 128 valence electrons. The van der Waals surface area contributed by atoms with Crippen molar-refractivity contribution in [3.8, 4) is 5.75 Å². The van der Waals surface area contributed by atoms with Crippen LogP contribution < -0.4 is 4.74 Å². The van der Waals surface area contributed by atoms with Gasteiger partial charge in [-0.25, -0.2) is 4.79 Å². The third-order valence-electron chi connectivity index (χ3n) is 3.68. The molecule has 2 N–H and O–H groups in total. The van der Waals surface area contributed by atoms with Crippen LogP contribution in [0.5, 0.6) is 5.75 Å². The second-order valence-corrected chi connectivity index (χ2v) is 5.45. The first-order chi connectivity index (χ1) is 11.5.